The number of methoxy groups -OCH3 is 2. The van der Waals surface area contributed by atoms with E-state index in [1.807, 2.05) is 0 Å². The highest BCUT2D eigenvalue weighted by Gasteiger charge is 2.33. The second-order valence-electron chi connectivity index (χ2n) is 7.36. The number of nitro groups is 1. The number of nitrogens with zero attached hydrogens (tertiary/aromatic N) is 2. The van der Waals surface area contributed by atoms with Crippen LogP contribution in [0.4, 0.5) is 17.1 Å². The molecule has 0 aliphatic rings. The molecular weight excluding hydrogens is 506 g/mol. The summed E-state index contributed by atoms with van der Waals surface area (Å²) in [5.74, 6) is -2.46. The Morgan fingerprint density at radius 2 is 1.54 bits per heavy atom. The summed E-state index contributed by atoms with van der Waals surface area (Å²) in [7, 11) is -2.33. The Morgan fingerprint density at radius 1 is 0.919 bits per heavy atom. The fourth-order valence-electron chi connectivity index (χ4n) is 3.35. The number of para-hydroxylation sites is 2. The Morgan fingerprint density at radius 3 is 2.16 bits per heavy atom. The highest BCUT2D eigenvalue weighted by atomic mass is 32.2. The first kappa shape index (κ1) is 26.8. The number of ether oxygens (including phenoxy) is 2. The zero-order chi connectivity index (χ0) is 27.2. The van der Waals surface area contributed by atoms with Gasteiger partial charge in [-0.15, -0.1) is 0 Å². The van der Waals surface area contributed by atoms with Crippen LogP contribution in [0.1, 0.15) is 20.7 Å². The predicted molar refractivity (Wildman–Crippen MR) is 132 cm³/mol. The number of hydrogen-bond donors (Lipinski definition) is 1. The number of hydrogen-bond acceptors (Lipinski definition) is 9. The van der Waals surface area contributed by atoms with Gasteiger partial charge in [0.05, 0.1) is 41.6 Å². The molecule has 3 rings (SSSR count). The lowest BCUT2D eigenvalue weighted by molar-refractivity contribution is -0.387. The van der Waals surface area contributed by atoms with Crippen LogP contribution >= 0.6 is 0 Å². The number of carbonyl (C=O) groups is 3. The number of nitro benzene ring substituents is 1. The highest BCUT2D eigenvalue weighted by Crippen LogP contribution is 2.30. The third kappa shape index (κ3) is 5.90. The second kappa shape index (κ2) is 11.3. The van der Waals surface area contributed by atoms with Gasteiger partial charge in [-0.25, -0.2) is 18.0 Å². The summed E-state index contributed by atoms with van der Waals surface area (Å²) >= 11 is 0. The Hall–Kier alpha value is -4.78. The fourth-order valence-corrected chi connectivity index (χ4v) is 4.94. The molecule has 1 amide bonds. The van der Waals surface area contributed by atoms with E-state index in [1.165, 1.54) is 54.6 Å². The molecule has 0 unspecified atom stereocenters. The van der Waals surface area contributed by atoms with Gasteiger partial charge in [-0.2, -0.15) is 0 Å². The minimum atomic E-state index is -4.61. The van der Waals surface area contributed by atoms with Gasteiger partial charge in [0.1, 0.15) is 6.54 Å². The maximum Gasteiger partial charge on any atom is 0.339 e. The van der Waals surface area contributed by atoms with Gasteiger partial charge in [0.15, 0.2) is 4.90 Å². The fraction of sp³-hybridized carbons (Fsp3) is 0.125. The molecule has 0 bridgehead atoms. The van der Waals surface area contributed by atoms with Crippen LogP contribution in [0, 0.1) is 10.1 Å². The maximum absolute atomic E-state index is 13.6. The molecule has 0 aliphatic carbocycles. The van der Waals surface area contributed by atoms with Gasteiger partial charge in [-0.3, -0.25) is 19.2 Å². The molecule has 12 nitrogen and oxygen atoms in total. The lowest BCUT2D eigenvalue weighted by Crippen LogP contribution is -2.38. The first-order chi connectivity index (χ1) is 17.6. The summed E-state index contributed by atoms with van der Waals surface area (Å²) in [6, 6.07) is 16.0. The summed E-state index contributed by atoms with van der Waals surface area (Å²) < 4.78 is 37.2. The van der Waals surface area contributed by atoms with Crippen molar-refractivity contribution in [3.8, 4) is 0 Å². The van der Waals surface area contributed by atoms with Crippen LogP contribution in [0.25, 0.3) is 0 Å². The van der Waals surface area contributed by atoms with E-state index < -0.39 is 49.9 Å². The normalized spacial score (nSPS) is 10.8. The number of nitrogens with one attached hydrogen (secondary N) is 1. The van der Waals surface area contributed by atoms with E-state index >= 15 is 0 Å². The molecule has 0 radical (unpaired) electrons. The molecule has 13 heteroatoms. The van der Waals surface area contributed by atoms with Crippen molar-refractivity contribution in [2.45, 2.75) is 4.90 Å². The van der Waals surface area contributed by atoms with Crippen molar-refractivity contribution in [1.29, 1.82) is 0 Å². The van der Waals surface area contributed by atoms with Crippen molar-refractivity contribution in [2.24, 2.45) is 0 Å². The third-order valence-electron chi connectivity index (χ3n) is 5.08. The number of rotatable bonds is 9. The molecule has 3 aromatic rings. The average Bonchev–Trinajstić information content (AvgIpc) is 2.91. The number of amides is 1. The minimum absolute atomic E-state index is 0.0119. The summed E-state index contributed by atoms with van der Waals surface area (Å²) in [6.07, 6.45) is 0. The van der Waals surface area contributed by atoms with E-state index in [2.05, 4.69) is 10.1 Å². The van der Waals surface area contributed by atoms with Crippen molar-refractivity contribution in [3.63, 3.8) is 0 Å². The summed E-state index contributed by atoms with van der Waals surface area (Å²) in [5.41, 5.74) is -0.819. The molecule has 0 heterocycles. The zero-order valence-electron chi connectivity index (χ0n) is 19.6. The predicted octanol–water partition coefficient (Wildman–Crippen LogP) is 3.00. The van der Waals surface area contributed by atoms with Gasteiger partial charge in [0, 0.05) is 6.07 Å². The molecule has 0 aromatic heterocycles. The monoisotopic (exact) mass is 527 g/mol. The Bertz CT molecular complexity index is 1460. The molecule has 0 saturated heterocycles. The molecule has 0 spiro atoms. The molecule has 0 aliphatic heterocycles. The van der Waals surface area contributed by atoms with Crippen LogP contribution < -0.4 is 9.62 Å². The van der Waals surface area contributed by atoms with Gasteiger partial charge in [0.25, 0.3) is 15.7 Å². The number of esters is 2. The summed E-state index contributed by atoms with van der Waals surface area (Å²) in [5, 5.41) is 13.9. The minimum Gasteiger partial charge on any atom is -0.465 e. The smallest absolute Gasteiger partial charge is 0.339 e. The zero-order valence-corrected chi connectivity index (χ0v) is 20.4. The molecular formula is C24H21N3O9S. The average molecular weight is 528 g/mol. The van der Waals surface area contributed by atoms with Gasteiger partial charge >= 0.3 is 11.9 Å². The topological polar surface area (TPSA) is 162 Å². The molecule has 0 saturated carbocycles. The van der Waals surface area contributed by atoms with Gasteiger partial charge in [-0.1, -0.05) is 30.3 Å². The third-order valence-corrected chi connectivity index (χ3v) is 6.90. The molecule has 3 aromatic carbocycles. The lowest BCUT2D eigenvalue weighted by Gasteiger charge is -2.24. The largest absolute Gasteiger partial charge is 0.465 e. The second-order valence-corrected chi connectivity index (χ2v) is 9.19. The van der Waals surface area contributed by atoms with E-state index in [1.54, 1.807) is 6.07 Å². The van der Waals surface area contributed by atoms with E-state index in [0.29, 0.717) is 4.31 Å². The van der Waals surface area contributed by atoms with Crippen molar-refractivity contribution in [3.05, 3.63) is 94.0 Å². The summed E-state index contributed by atoms with van der Waals surface area (Å²) in [6.45, 7) is -0.818. The van der Waals surface area contributed by atoms with Crippen LogP contribution in [-0.2, 0) is 24.3 Å². The van der Waals surface area contributed by atoms with Crippen LogP contribution in [0.2, 0.25) is 0 Å². The SMILES string of the molecule is COC(=O)c1ccc(C(=O)OC)c(NC(=O)CN(c2ccccc2)S(=O)(=O)c2ccccc2[N+](=O)[O-])c1. The van der Waals surface area contributed by atoms with E-state index in [9.17, 15) is 32.9 Å². The van der Waals surface area contributed by atoms with Gasteiger partial charge in [-0.05, 0) is 36.4 Å². The number of benzene rings is 3. The first-order valence-electron chi connectivity index (χ1n) is 10.5. The molecule has 37 heavy (non-hydrogen) atoms. The van der Waals surface area contributed by atoms with Crippen LogP contribution in [0.5, 0.6) is 0 Å². The number of carbonyl (C=O) groups excluding carboxylic acids is 3. The quantitative estimate of drug-likeness (QED) is 0.250. The Labute approximate surface area is 211 Å². The van der Waals surface area contributed by atoms with E-state index in [4.69, 9.17) is 4.74 Å². The lowest BCUT2D eigenvalue weighted by atomic mass is 10.1. The van der Waals surface area contributed by atoms with Crippen LogP contribution in [-0.4, -0.2) is 52.0 Å². The van der Waals surface area contributed by atoms with Crippen molar-refractivity contribution < 1.29 is 37.2 Å². The molecule has 0 atom stereocenters. The van der Waals surface area contributed by atoms with Crippen molar-refractivity contribution in [1.82, 2.24) is 0 Å². The maximum atomic E-state index is 13.6. The molecule has 0 fully saturated rings. The highest BCUT2D eigenvalue weighted by molar-refractivity contribution is 7.93. The van der Waals surface area contributed by atoms with E-state index in [-0.39, 0.29) is 22.5 Å². The Kier molecular flexibility index (Phi) is 8.19. The van der Waals surface area contributed by atoms with Crippen LogP contribution in [0.3, 0.4) is 0 Å². The number of sulfonamides is 1. The number of anilines is 2. The molecule has 192 valence electrons. The van der Waals surface area contributed by atoms with Crippen LogP contribution in [0.15, 0.2) is 77.7 Å². The van der Waals surface area contributed by atoms with E-state index in [0.717, 1.165) is 26.4 Å². The van der Waals surface area contributed by atoms with Gasteiger partial charge in [0.2, 0.25) is 5.91 Å². The molecule has 1 N–H and O–H groups in total. The van der Waals surface area contributed by atoms with Gasteiger partial charge < -0.3 is 14.8 Å². The van der Waals surface area contributed by atoms with Crippen molar-refractivity contribution >= 4 is 44.9 Å². The standard InChI is InChI=1S/C24H21N3O9S/c1-35-23(29)16-12-13-18(24(30)36-2)19(14-16)25-22(28)15-26(17-8-4-3-5-9-17)37(33,34)21-11-7-6-10-20(21)27(31)32/h3-14H,15H2,1-2H3,(H,25,28). The first-order valence-corrected chi connectivity index (χ1v) is 12.0. The summed E-state index contributed by atoms with van der Waals surface area (Å²) in [4.78, 5) is 47.3. The van der Waals surface area contributed by atoms with Crippen molar-refractivity contribution in [2.75, 3.05) is 30.4 Å². The Balaban J connectivity index is 2.04.